The average molecular weight is 471 g/mol. The average Bonchev–Trinajstić information content (AvgIpc) is 3.31. The predicted molar refractivity (Wildman–Crippen MR) is 135 cm³/mol. The lowest BCUT2D eigenvalue weighted by atomic mass is 10.2. The summed E-state index contributed by atoms with van der Waals surface area (Å²) in [5, 5.41) is 0.840. The number of amides is 1. The second kappa shape index (κ2) is 12.3. The van der Waals surface area contributed by atoms with E-state index < -0.39 is 0 Å². The first-order chi connectivity index (χ1) is 15.7. The molecular weight excluding hydrogens is 436 g/mol. The largest absolute Gasteiger partial charge is 0.497 e. The van der Waals surface area contributed by atoms with Gasteiger partial charge in [0.15, 0.2) is 0 Å². The van der Waals surface area contributed by atoms with Gasteiger partial charge in [-0.05, 0) is 44.4 Å². The Bertz CT molecular complexity index is 1000. The van der Waals surface area contributed by atoms with Crippen molar-refractivity contribution in [3.05, 3.63) is 71.5 Å². The van der Waals surface area contributed by atoms with Gasteiger partial charge in [-0.2, -0.15) is 0 Å². The van der Waals surface area contributed by atoms with Gasteiger partial charge in [0.2, 0.25) is 5.89 Å². The van der Waals surface area contributed by atoms with Crippen molar-refractivity contribution >= 4 is 22.7 Å². The SMILES string of the molecule is C=C1N(C)C(=O)C(C)=C(/N=C(\C)SCc2nc(CC)co2)N1C.CCc1ccc(OC)cc1. The van der Waals surface area contributed by atoms with Crippen LogP contribution in [-0.4, -0.2) is 46.9 Å². The molecular formula is C25H34N4O3S. The Balaban J connectivity index is 0.000000321. The summed E-state index contributed by atoms with van der Waals surface area (Å²) in [7, 11) is 5.24. The minimum atomic E-state index is -0.0788. The van der Waals surface area contributed by atoms with Gasteiger partial charge in [-0.15, -0.1) is 11.8 Å². The van der Waals surface area contributed by atoms with Crippen LogP contribution in [-0.2, 0) is 23.4 Å². The van der Waals surface area contributed by atoms with Crippen molar-refractivity contribution in [3.63, 3.8) is 0 Å². The van der Waals surface area contributed by atoms with Crippen LogP contribution in [0.3, 0.4) is 0 Å². The maximum absolute atomic E-state index is 12.2. The van der Waals surface area contributed by atoms with E-state index in [2.05, 4.69) is 35.6 Å². The third-order valence-electron chi connectivity index (χ3n) is 5.25. The first-order valence-electron chi connectivity index (χ1n) is 10.9. The first-order valence-corrected chi connectivity index (χ1v) is 11.9. The number of aromatic nitrogens is 1. The summed E-state index contributed by atoms with van der Waals surface area (Å²) in [4.78, 5) is 24.5. The van der Waals surface area contributed by atoms with E-state index in [1.807, 2.05) is 37.9 Å². The molecule has 0 saturated carbocycles. The van der Waals surface area contributed by atoms with Crippen molar-refractivity contribution in [1.29, 1.82) is 0 Å². The number of oxazole rings is 1. The number of thioether (sulfide) groups is 1. The fourth-order valence-corrected chi connectivity index (χ4v) is 3.62. The quantitative estimate of drug-likeness (QED) is 0.424. The molecule has 178 valence electrons. The monoisotopic (exact) mass is 470 g/mol. The van der Waals surface area contributed by atoms with E-state index in [1.165, 1.54) is 22.2 Å². The summed E-state index contributed by atoms with van der Waals surface area (Å²) in [6, 6.07) is 8.13. The maximum Gasteiger partial charge on any atom is 0.258 e. The van der Waals surface area contributed by atoms with E-state index in [4.69, 9.17) is 9.15 Å². The molecule has 0 fully saturated rings. The summed E-state index contributed by atoms with van der Waals surface area (Å²) in [5.41, 5.74) is 2.90. The maximum atomic E-state index is 12.2. The molecule has 33 heavy (non-hydrogen) atoms. The van der Waals surface area contributed by atoms with Gasteiger partial charge in [0.25, 0.3) is 5.91 Å². The molecule has 1 aliphatic heterocycles. The number of carbonyl (C=O) groups is 1. The van der Waals surface area contributed by atoms with Crippen LogP contribution in [0.4, 0.5) is 0 Å². The van der Waals surface area contributed by atoms with Crippen LogP contribution in [0.5, 0.6) is 5.75 Å². The van der Waals surface area contributed by atoms with E-state index in [0.717, 1.165) is 29.3 Å². The number of likely N-dealkylation sites (N-methyl/N-ethyl adjacent to an activating group) is 1. The topological polar surface area (TPSA) is 71.2 Å². The summed E-state index contributed by atoms with van der Waals surface area (Å²) in [6.45, 7) is 11.8. The molecule has 0 N–H and O–H groups in total. The Kier molecular flexibility index (Phi) is 9.78. The van der Waals surface area contributed by atoms with Gasteiger partial charge < -0.3 is 14.1 Å². The van der Waals surface area contributed by atoms with Gasteiger partial charge >= 0.3 is 0 Å². The lowest BCUT2D eigenvalue weighted by Gasteiger charge is -2.34. The highest BCUT2D eigenvalue weighted by atomic mass is 32.2. The molecule has 2 aromatic rings. The normalized spacial score (nSPS) is 14.5. The third kappa shape index (κ3) is 6.99. The van der Waals surface area contributed by atoms with Crippen LogP contribution in [0.2, 0.25) is 0 Å². The standard InChI is InChI=1S/C16H22N4O2S.C9H12O/c1-7-13-8-22-14(18-13)9-23-11(3)17-15-10(2)16(21)20(6)12(4)19(15)5;1-3-8-4-6-9(10-2)7-5-8/h8H,4,7,9H2,1-3,5-6H3;4-7H,3H2,1-2H3/b17-11+;. The molecule has 1 amide bonds. The number of aryl methyl sites for hydroxylation is 2. The van der Waals surface area contributed by atoms with E-state index in [0.29, 0.717) is 28.9 Å². The Morgan fingerprint density at radius 2 is 1.85 bits per heavy atom. The molecule has 0 radical (unpaired) electrons. The third-order valence-corrected chi connectivity index (χ3v) is 6.15. The van der Waals surface area contributed by atoms with E-state index in [-0.39, 0.29) is 5.91 Å². The number of methoxy groups -OCH3 is 1. The molecule has 8 heteroatoms. The van der Waals surface area contributed by atoms with E-state index in [1.54, 1.807) is 27.3 Å². The van der Waals surface area contributed by atoms with Gasteiger partial charge in [-0.3, -0.25) is 9.69 Å². The van der Waals surface area contributed by atoms with Crippen LogP contribution in [0.1, 0.15) is 44.8 Å². The Morgan fingerprint density at radius 3 is 2.39 bits per heavy atom. The number of hydrogen-bond donors (Lipinski definition) is 0. The zero-order valence-corrected chi connectivity index (χ0v) is 21.5. The number of nitrogens with zero attached hydrogens (tertiary/aromatic N) is 4. The molecule has 0 aliphatic carbocycles. The number of hydrogen-bond acceptors (Lipinski definition) is 7. The van der Waals surface area contributed by atoms with Crippen LogP contribution in [0.15, 0.2) is 63.7 Å². The highest BCUT2D eigenvalue weighted by Crippen LogP contribution is 2.26. The van der Waals surface area contributed by atoms with E-state index in [9.17, 15) is 4.79 Å². The van der Waals surface area contributed by atoms with Gasteiger partial charge in [0, 0.05) is 14.1 Å². The lowest BCUT2D eigenvalue weighted by Crippen LogP contribution is -2.40. The second-order valence-corrected chi connectivity index (χ2v) is 8.66. The lowest BCUT2D eigenvalue weighted by molar-refractivity contribution is -0.126. The highest BCUT2D eigenvalue weighted by Gasteiger charge is 2.28. The molecule has 0 atom stereocenters. The van der Waals surface area contributed by atoms with Crippen LogP contribution >= 0.6 is 11.8 Å². The summed E-state index contributed by atoms with van der Waals surface area (Å²) in [5.74, 6) is 3.38. The second-order valence-electron chi connectivity index (χ2n) is 7.50. The fourth-order valence-electron chi connectivity index (χ4n) is 3.01. The van der Waals surface area contributed by atoms with Crippen molar-refractivity contribution in [2.75, 3.05) is 21.2 Å². The van der Waals surface area contributed by atoms with Gasteiger partial charge in [0.05, 0.1) is 29.2 Å². The number of carbonyl (C=O) groups excluding carboxylic acids is 1. The highest BCUT2D eigenvalue weighted by molar-refractivity contribution is 8.13. The fraction of sp³-hybridized carbons (Fsp3) is 0.400. The number of benzene rings is 1. The number of ether oxygens (including phenoxy) is 1. The van der Waals surface area contributed by atoms with Crippen molar-refractivity contribution in [3.8, 4) is 5.75 Å². The molecule has 1 aromatic heterocycles. The number of rotatable bonds is 6. The summed E-state index contributed by atoms with van der Waals surface area (Å²) < 4.78 is 10.4. The summed E-state index contributed by atoms with van der Waals surface area (Å²) in [6.07, 6.45) is 3.63. The minimum Gasteiger partial charge on any atom is -0.497 e. The number of aliphatic imine (C=N–C) groups is 1. The van der Waals surface area contributed by atoms with Crippen LogP contribution in [0, 0.1) is 0 Å². The van der Waals surface area contributed by atoms with Crippen molar-refractivity contribution in [2.45, 2.75) is 46.3 Å². The van der Waals surface area contributed by atoms with Crippen molar-refractivity contribution in [2.24, 2.45) is 4.99 Å². The first kappa shape index (κ1) is 26.3. The van der Waals surface area contributed by atoms with E-state index >= 15 is 0 Å². The zero-order valence-electron chi connectivity index (χ0n) is 20.6. The summed E-state index contributed by atoms with van der Waals surface area (Å²) >= 11 is 1.53. The van der Waals surface area contributed by atoms with Gasteiger partial charge in [-0.25, -0.2) is 9.98 Å². The van der Waals surface area contributed by atoms with Crippen molar-refractivity contribution < 1.29 is 13.9 Å². The Labute approximate surface area is 201 Å². The predicted octanol–water partition coefficient (Wildman–Crippen LogP) is 5.25. The molecule has 2 heterocycles. The molecule has 0 spiro atoms. The molecule has 3 rings (SSSR count). The van der Waals surface area contributed by atoms with Crippen LogP contribution < -0.4 is 4.74 Å². The molecule has 0 unspecified atom stereocenters. The molecule has 0 bridgehead atoms. The zero-order chi connectivity index (χ0) is 24.5. The molecule has 0 saturated heterocycles. The molecule has 7 nitrogen and oxygen atoms in total. The molecule has 1 aliphatic rings. The molecule has 1 aromatic carbocycles. The minimum absolute atomic E-state index is 0.0788. The van der Waals surface area contributed by atoms with Crippen molar-refractivity contribution in [1.82, 2.24) is 14.8 Å². The van der Waals surface area contributed by atoms with Gasteiger partial charge in [-0.1, -0.05) is 32.6 Å². The smallest absolute Gasteiger partial charge is 0.258 e. The van der Waals surface area contributed by atoms with Gasteiger partial charge in [0.1, 0.15) is 23.7 Å². The van der Waals surface area contributed by atoms with Crippen LogP contribution in [0.25, 0.3) is 0 Å². The Morgan fingerprint density at radius 1 is 1.18 bits per heavy atom. The Hall–Kier alpha value is -3.00.